The number of ether oxygens (including phenoxy) is 1. The van der Waals surface area contributed by atoms with Gasteiger partial charge in [-0.05, 0) is 36.8 Å². The first kappa shape index (κ1) is 13.3. The highest BCUT2D eigenvalue weighted by molar-refractivity contribution is 7.99. The predicted molar refractivity (Wildman–Crippen MR) is 77.5 cm³/mol. The van der Waals surface area contributed by atoms with Crippen molar-refractivity contribution in [3.8, 4) is 11.9 Å². The first-order valence-corrected chi connectivity index (χ1v) is 6.63. The molecule has 0 saturated carbocycles. The lowest BCUT2D eigenvalue weighted by molar-refractivity contribution is 0.405. The number of nitrogens with one attached hydrogen (secondary N) is 1. The minimum absolute atomic E-state index is 0.809. The van der Waals surface area contributed by atoms with Gasteiger partial charge in [0.05, 0.1) is 17.7 Å². The van der Waals surface area contributed by atoms with Crippen LogP contribution in [-0.4, -0.2) is 7.11 Å². The van der Waals surface area contributed by atoms with Crippen LogP contribution in [0.4, 0.5) is 5.69 Å². The maximum atomic E-state index is 8.79. The van der Waals surface area contributed by atoms with Crippen molar-refractivity contribution in [3.05, 3.63) is 48.0 Å². The number of para-hydroxylation sites is 1. The summed E-state index contributed by atoms with van der Waals surface area (Å²) < 4.78 is 5.34. The van der Waals surface area contributed by atoms with E-state index in [1.165, 1.54) is 0 Å². The molecule has 3 nitrogen and oxygen atoms in total. The van der Waals surface area contributed by atoms with Crippen LogP contribution in [0.2, 0.25) is 0 Å². The molecule has 1 N–H and O–H groups in total. The summed E-state index contributed by atoms with van der Waals surface area (Å²) in [6, 6.07) is 13.8. The number of aryl methyl sites for hydroxylation is 1. The minimum atomic E-state index is 0.809. The number of rotatable bonds is 4. The molecule has 2 aromatic rings. The van der Waals surface area contributed by atoms with Crippen LogP contribution in [0.5, 0.6) is 5.75 Å². The summed E-state index contributed by atoms with van der Waals surface area (Å²) in [6.45, 7) is 2.03. The first-order chi connectivity index (χ1) is 9.24. The molecule has 0 spiro atoms. The molecule has 0 aliphatic carbocycles. The maximum absolute atomic E-state index is 8.79. The standard InChI is InChI=1S/C15H14N2OS/c1-11-7-8-12(17-10-16)15(9-11)19-14-6-4-3-5-13(14)18-2/h3-9,17H,1-2H3. The van der Waals surface area contributed by atoms with Gasteiger partial charge in [0, 0.05) is 4.90 Å². The molecular weight excluding hydrogens is 256 g/mol. The minimum Gasteiger partial charge on any atom is -0.496 e. The molecule has 0 aromatic heterocycles. The van der Waals surface area contributed by atoms with Crippen LogP contribution in [0.25, 0.3) is 0 Å². The third kappa shape index (κ3) is 3.21. The zero-order chi connectivity index (χ0) is 13.7. The molecule has 0 aliphatic rings. The summed E-state index contributed by atoms with van der Waals surface area (Å²) >= 11 is 1.58. The quantitative estimate of drug-likeness (QED) is 0.672. The summed E-state index contributed by atoms with van der Waals surface area (Å²) in [7, 11) is 1.66. The highest BCUT2D eigenvalue weighted by Gasteiger charge is 2.08. The monoisotopic (exact) mass is 270 g/mol. The Morgan fingerprint density at radius 1 is 1.16 bits per heavy atom. The van der Waals surface area contributed by atoms with Crippen molar-refractivity contribution >= 4 is 17.4 Å². The lowest BCUT2D eigenvalue weighted by Gasteiger charge is -2.11. The zero-order valence-corrected chi connectivity index (χ0v) is 11.6. The van der Waals surface area contributed by atoms with Gasteiger partial charge in [-0.15, -0.1) is 0 Å². The second kappa shape index (κ2) is 6.17. The van der Waals surface area contributed by atoms with Crippen LogP contribution in [0.1, 0.15) is 5.56 Å². The molecule has 19 heavy (non-hydrogen) atoms. The molecule has 96 valence electrons. The molecule has 0 fully saturated rings. The van der Waals surface area contributed by atoms with Gasteiger partial charge in [-0.3, -0.25) is 5.32 Å². The normalized spacial score (nSPS) is 9.74. The molecule has 0 heterocycles. The molecule has 0 radical (unpaired) electrons. The van der Waals surface area contributed by atoms with Gasteiger partial charge in [0.1, 0.15) is 5.75 Å². The van der Waals surface area contributed by atoms with Gasteiger partial charge in [-0.1, -0.05) is 30.0 Å². The van der Waals surface area contributed by atoms with E-state index < -0.39 is 0 Å². The van der Waals surface area contributed by atoms with Crippen molar-refractivity contribution in [1.29, 1.82) is 5.26 Å². The molecule has 0 amide bonds. The number of hydrogen-bond acceptors (Lipinski definition) is 4. The van der Waals surface area contributed by atoms with E-state index in [2.05, 4.69) is 11.4 Å². The second-order valence-corrected chi connectivity index (χ2v) is 5.07. The summed E-state index contributed by atoms with van der Waals surface area (Å²) in [5, 5.41) is 11.5. The smallest absolute Gasteiger partial charge is 0.181 e. The van der Waals surface area contributed by atoms with E-state index in [0.29, 0.717) is 0 Å². The van der Waals surface area contributed by atoms with E-state index in [0.717, 1.165) is 26.8 Å². The van der Waals surface area contributed by atoms with Gasteiger partial charge in [-0.2, -0.15) is 5.26 Å². The van der Waals surface area contributed by atoms with Crippen LogP contribution in [0.15, 0.2) is 52.3 Å². The predicted octanol–water partition coefficient (Wildman–Crippen LogP) is 4.05. The third-order valence-electron chi connectivity index (χ3n) is 2.62. The van der Waals surface area contributed by atoms with Gasteiger partial charge in [-0.25, -0.2) is 0 Å². The second-order valence-electron chi connectivity index (χ2n) is 3.99. The molecule has 0 unspecified atom stereocenters. The van der Waals surface area contributed by atoms with E-state index in [1.54, 1.807) is 18.9 Å². The Kier molecular flexibility index (Phi) is 4.32. The average Bonchev–Trinajstić information content (AvgIpc) is 2.42. The van der Waals surface area contributed by atoms with E-state index in [9.17, 15) is 0 Å². The number of nitriles is 1. The van der Waals surface area contributed by atoms with E-state index in [-0.39, 0.29) is 0 Å². The Bertz CT molecular complexity index is 620. The van der Waals surface area contributed by atoms with Crippen molar-refractivity contribution in [3.63, 3.8) is 0 Å². The number of anilines is 1. The van der Waals surface area contributed by atoms with Crippen molar-refractivity contribution < 1.29 is 4.74 Å². The molecule has 2 rings (SSSR count). The molecule has 0 bridgehead atoms. The fourth-order valence-electron chi connectivity index (χ4n) is 1.70. The molecule has 4 heteroatoms. The third-order valence-corrected chi connectivity index (χ3v) is 3.73. The fourth-order valence-corrected chi connectivity index (χ4v) is 2.81. The van der Waals surface area contributed by atoms with Crippen LogP contribution >= 0.6 is 11.8 Å². The number of methoxy groups -OCH3 is 1. The number of benzene rings is 2. The maximum Gasteiger partial charge on any atom is 0.181 e. The topological polar surface area (TPSA) is 45.0 Å². The van der Waals surface area contributed by atoms with Crippen LogP contribution in [0.3, 0.4) is 0 Å². The van der Waals surface area contributed by atoms with Gasteiger partial charge < -0.3 is 4.74 Å². The molecular formula is C15H14N2OS. The Labute approximate surface area is 117 Å². The highest BCUT2D eigenvalue weighted by Crippen LogP contribution is 2.38. The fraction of sp³-hybridized carbons (Fsp3) is 0.133. The largest absolute Gasteiger partial charge is 0.496 e. The molecule has 0 aliphatic heterocycles. The summed E-state index contributed by atoms with van der Waals surface area (Å²) in [5.41, 5.74) is 1.96. The highest BCUT2D eigenvalue weighted by atomic mass is 32.2. The Morgan fingerprint density at radius 2 is 1.95 bits per heavy atom. The van der Waals surface area contributed by atoms with Crippen molar-refractivity contribution in [2.24, 2.45) is 0 Å². The van der Waals surface area contributed by atoms with Gasteiger partial charge in [0.2, 0.25) is 0 Å². The van der Waals surface area contributed by atoms with E-state index in [1.807, 2.05) is 49.5 Å². The summed E-state index contributed by atoms with van der Waals surface area (Å²) in [6.07, 6.45) is 1.96. The van der Waals surface area contributed by atoms with E-state index in [4.69, 9.17) is 10.00 Å². The van der Waals surface area contributed by atoms with Gasteiger partial charge in [0.25, 0.3) is 0 Å². The van der Waals surface area contributed by atoms with Crippen molar-refractivity contribution in [2.75, 3.05) is 12.4 Å². The van der Waals surface area contributed by atoms with Crippen molar-refractivity contribution in [1.82, 2.24) is 0 Å². The summed E-state index contributed by atoms with van der Waals surface area (Å²) in [5.74, 6) is 0.830. The molecule has 2 aromatic carbocycles. The van der Waals surface area contributed by atoms with Crippen LogP contribution in [-0.2, 0) is 0 Å². The average molecular weight is 270 g/mol. The number of nitrogens with zero attached hydrogens (tertiary/aromatic N) is 1. The van der Waals surface area contributed by atoms with E-state index >= 15 is 0 Å². The first-order valence-electron chi connectivity index (χ1n) is 5.81. The Morgan fingerprint density at radius 3 is 2.68 bits per heavy atom. The molecule has 0 saturated heterocycles. The summed E-state index contributed by atoms with van der Waals surface area (Å²) in [4.78, 5) is 2.03. The van der Waals surface area contributed by atoms with Crippen LogP contribution in [0, 0.1) is 18.4 Å². The van der Waals surface area contributed by atoms with Gasteiger partial charge in [0.15, 0.2) is 6.19 Å². The van der Waals surface area contributed by atoms with Crippen LogP contribution < -0.4 is 10.1 Å². The zero-order valence-electron chi connectivity index (χ0n) is 10.8. The molecule has 0 atom stereocenters. The SMILES string of the molecule is COc1ccccc1Sc1cc(C)ccc1NC#N. The Balaban J connectivity index is 2.37. The lowest BCUT2D eigenvalue weighted by Crippen LogP contribution is -1.91. The number of hydrogen-bond donors (Lipinski definition) is 1. The Hall–Kier alpha value is -2.12. The van der Waals surface area contributed by atoms with Crippen molar-refractivity contribution in [2.45, 2.75) is 16.7 Å². The lowest BCUT2D eigenvalue weighted by atomic mass is 10.2. The van der Waals surface area contributed by atoms with Gasteiger partial charge >= 0.3 is 0 Å².